The highest BCUT2D eigenvalue weighted by atomic mass is 32.2. The number of benzene rings is 1. The Morgan fingerprint density at radius 2 is 2.00 bits per heavy atom. The standard InChI is InChI=1S/C13H19FN2O4S/c1-3-6-15-7-8-16-21(18,19)12-5-4-10(14)9-11(12)13(17)20-2/h4-5,9,15-16H,3,6-8H2,1-2H3. The van der Waals surface area contributed by atoms with Crippen molar-refractivity contribution >= 4 is 16.0 Å². The molecule has 21 heavy (non-hydrogen) atoms. The zero-order chi connectivity index (χ0) is 15.9. The topological polar surface area (TPSA) is 84.5 Å². The van der Waals surface area contributed by atoms with Crippen LogP contribution in [-0.4, -0.2) is 41.1 Å². The molecule has 0 saturated heterocycles. The van der Waals surface area contributed by atoms with E-state index in [9.17, 15) is 17.6 Å². The molecule has 0 saturated carbocycles. The van der Waals surface area contributed by atoms with Crippen LogP contribution in [0.4, 0.5) is 4.39 Å². The summed E-state index contributed by atoms with van der Waals surface area (Å²) < 4.78 is 44.3. The van der Waals surface area contributed by atoms with Crippen LogP contribution in [0, 0.1) is 5.82 Å². The lowest BCUT2D eigenvalue weighted by molar-refractivity contribution is 0.0595. The summed E-state index contributed by atoms with van der Waals surface area (Å²) in [7, 11) is -2.80. The van der Waals surface area contributed by atoms with E-state index < -0.39 is 21.8 Å². The molecule has 6 nitrogen and oxygen atoms in total. The summed E-state index contributed by atoms with van der Waals surface area (Å²) >= 11 is 0. The second-order valence-electron chi connectivity index (χ2n) is 4.28. The number of hydrogen-bond donors (Lipinski definition) is 2. The Balaban J connectivity index is 2.90. The van der Waals surface area contributed by atoms with E-state index in [1.165, 1.54) is 0 Å². The van der Waals surface area contributed by atoms with Gasteiger partial charge in [0.25, 0.3) is 0 Å². The Kier molecular flexibility index (Phi) is 6.73. The van der Waals surface area contributed by atoms with E-state index in [1.807, 2.05) is 6.92 Å². The predicted molar refractivity (Wildman–Crippen MR) is 76.1 cm³/mol. The fraction of sp³-hybridized carbons (Fsp3) is 0.462. The normalized spacial score (nSPS) is 11.4. The molecule has 0 amide bonds. The highest BCUT2D eigenvalue weighted by Gasteiger charge is 2.23. The van der Waals surface area contributed by atoms with E-state index in [0.29, 0.717) is 6.54 Å². The van der Waals surface area contributed by atoms with Crippen molar-refractivity contribution in [3.05, 3.63) is 29.6 Å². The van der Waals surface area contributed by atoms with Gasteiger partial charge in [-0.25, -0.2) is 22.3 Å². The summed E-state index contributed by atoms with van der Waals surface area (Å²) in [5.74, 6) is -1.61. The number of carbonyl (C=O) groups excluding carboxylic acids is 1. The minimum absolute atomic E-state index is 0.167. The second-order valence-corrected chi connectivity index (χ2v) is 6.02. The van der Waals surface area contributed by atoms with Crippen molar-refractivity contribution in [2.24, 2.45) is 0 Å². The third kappa shape index (κ3) is 5.07. The average molecular weight is 318 g/mol. The molecule has 0 fully saturated rings. The lowest BCUT2D eigenvalue weighted by Gasteiger charge is -2.11. The molecule has 0 aliphatic heterocycles. The molecule has 1 aromatic rings. The fourth-order valence-corrected chi connectivity index (χ4v) is 2.86. The maximum absolute atomic E-state index is 13.2. The van der Waals surface area contributed by atoms with Crippen molar-refractivity contribution in [3.8, 4) is 0 Å². The zero-order valence-corrected chi connectivity index (χ0v) is 12.8. The number of sulfonamides is 1. The summed E-state index contributed by atoms with van der Waals surface area (Å²) in [6, 6.07) is 2.87. The molecule has 0 unspecified atom stereocenters. The summed E-state index contributed by atoms with van der Waals surface area (Å²) in [5.41, 5.74) is -0.327. The van der Waals surface area contributed by atoms with E-state index in [1.54, 1.807) is 0 Å². The van der Waals surface area contributed by atoms with Gasteiger partial charge in [-0.1, -0.05) is 6.92 Å². The molecule has 0 spiro atoms. The van der Waals surface area contributed by atoms with Crippen molar-refractivity contribution in [1.29, 1.82) is 0 Å². The van der Waals surface area contributed by atoms with Gasteiger partial charge < -0.3 is 10.1 Å². The molecular formula is C13H19FN2O4S. The molecule has 1 rings (SSSR count). The quantitative estimate of drug-likeness (QED) is 0.549. The molecule has 0 atom stereocenters. The lowest BCUT2D eigenvalue weighted by Crippen LogP contribution is -2.33. The van der Waals surface area contributed by atoms with E-state index in [-0.39, 0.29) is 17.0 Å². The van der Waals surface area contributed by atoms with Gasteiger partial charge in [-0.05, 0) is 31.2 Å². The van der Waals surface area contributed by atoms with Crippen LogP contribution in [0.5, 0.6) is 0 Å². The van der Waals surface area contributed by atoms with Crippen LogP contribution >= 0.6 is 0 Å². The summed E-state index contributed by atoms with van der Waals surface area (Å²) in [4.78, 5) is 11.3. The first-order chi connectivity index (χ1) is 9.92. The Morgan fingerprint density at radius 1 is 1.29 bits per heavy atom. The first-order valence-corrected chi connectivity index (χ1v) is 7.99. The van der Waals surface area contributed by atoms with Gasteiger partial charge in [-0.3, -0.25) is 0 Å². The van der Waals surface area contributed by atoms with E-state index >= 15 is 0 Å². The highest BCUT2D eigenvalue weighted by Crippen LogP contribution is 2.18. The average Bonchev–Trinajstić information content (AvgIpc) is 2.45. The van der Waals surface area contributed by atoms with Crippen molar-refractivity contribution in [2.45, 2.75) is 18.2 Å². The number of ether oxygens (including phenoxy) is 1. The smallest absolute Gasteiger partial charge is 0.339 e. The lowest BCUT2D eigenvalue weighted by atomic mass is 10.2. The molecule has 0 heterocycles. The van der Waals surface area contributed by atoms with Gasteiger partial charge in [0.1, 0.15) is 5.82 Å². The highest BCUT2D eigenvalue weighted by molar-refractivity contribution is 7.89. The van der Waals surface area contributed by atoms with Crippen LogP contribution in [0.15, 0.2) is 23.1 Å². The number of carbonyl (C=O) groups is 1. The van der Waals surface area contributed by atoms with Crippen molar-refractivity contribution < 1.29 is 22.3 Å². The van der Waals surface area contributed by atoms with Crippen LogP contribution in [0.1, 0.15) is 23.7 Å². The summed E-state index contributed by atoms with van der Waals surface area (Å²) in [6.45, 7) is 3.41. The van der Waals surface area contributed by atoms with Gasteiger partial charge in [0.2, 0.25) is 10.0 Å². The van der Waals surface area contributed by atoms with Gasteiger partial charge in [-0.2, -0.15) is 0 Å². The number of nitrogens with one attached hydrogen (secondary N) is 2. The maximum Gasteiger partial charge on any atom is 0.339 e. The van der Waals surface area contributed by atoms with Gasteiger partial charge in [-0.15, -0.1) is 0 Å². The third-order valence-electron chi connectivity index (χ3n) is 2.66. The molecule has 0 radical (unpaired) electrons. The minimum Gasteiger partial charge on any atom is -0.465 e. The molecule has 2 N–H and O–H groups in total. The molecule has 118 valence electrons. The first-order valence-electron chi connectivity index (χ1n) is 6.50. The van der Waals surface area contributed by atoms with Crippen LogP contribution in [0.25, 0.3) is 0 Å². The van der Waals surface area contributed by atoms with E-state index in [2.05, 4.69) is 14.8 Å². The second kappa shape index (κ2) is 8.06. The molecule has 0 aromatic heterocycles. The molecule has 8 heteroatoms. The van der Waals surface area contributed by atoms with Crippen LogP contribution in [0.2, 0.25) is 0 Å². The minimum atomic E-state index is -3.91. The molecule has 1 aromatic carbocycles. The number of esters is 1. The molecular weight excluding hydrogens is 299 g/mol. The van der Waals surface area contributed by atoms with E-state index in [4.69, 9.17) is 0 Å². The predicted octanol–water partition coefficient (Wildman–Crippen LogP) is 0.890. The van der Waals surface area contributed by atoms with Gasteiger partial charge in [0.15, 0.2) is 0 Å². The Morgan fingerprint density at radius 3 is 2.62 bits per heavy atom. The molecule has 0 bridgehead atoms. The van der Waals surface area contributed by atoms with Gasteiger partial charge >= 0.3 is 5.97 Å². The number of hydrogen-bond acceptors (Lipinski definition) is 5. The van der Waals surface area contributed by atoms with Crippen molar-refractivity contribution in [3.63, 3.8) is 0 Å². The molecule has 0 aliphatic carbocycles. The maximum atomic E-state index is 13.2. The monoisotopic (exact) mass is 318 g/mol. The third-order valence-corrected chi connectivity index (χ3v) is 4.18. The van der Waals surface area contributed by atoms with Crippen LogP contribution in [-0.2, 0) is 14.8 Å². The zero-order valence-electron chi connectivity index (χ0n) is 12.0. The number of rotatable bonds is 8. The van der Waals surface area contributed by atoms with Crippen LogP contribution < -0.4 is 10.0 Å². The van der Waals surface area contributed by atoms with E-state index in [0.717, 1.165) is 38.3 Å². The van der Waals surface area contributed by atoms with Crippen molar-refractivity contribution in [1.82, 2.24) is 10.0 Å². The van der Waals surface area contributed by atoms with Gasteiger partial charge in [0.05, 0.1) is 17.6 Å². The Hall–Kier alpha value is -1.51. The summed E-state index contributed by atoms with van der Waals surface area (Å²) in [5, 5.41) is 3.04. The van der Waals surface area contributed by atoms with Crippen molar-refractivity contribution in [2.75, 3.05) is 26.7 Å². The van der Waals surface area contributed by atoms with Crippen LogP contribution in [0.3, 0.4) is 0 Å². The van der Waals surface area contributed by atoms with Gasteiger partial charge in [0, 0.05) is 13.1 Å². The Labute approximate surface area is 123 Å². The number of methoxy groups -OCH3 is 1. The summed E-state index contributed by atoms with van der Waals surface area (Å²) in [6.07, 6.45) is 0.942. The first kappa shape index (κ1) is 17.5. The Bertz CT molecular complexity index is 590. The number of halogens is 1. The fourth-order valence-electron chi connectivity index (χ4n) is 1.66. The SMILES string of the molecule is CCCNCCNS(=O)(=O)c1ccc(F)cc1C(=O)OC. The largest absolute Gasteiger partial charge is 0.465 e. The molecule has 0 aliphatic rings.